The van der Waals surface area contributed by atoms with Crippen molar-refractivity contribution < 1.29 is 0 Å². The molecular formula is C16H20N4OS. The Bertz CT molecular complexity index is 684. The average molecular weight is 316 g/mol. The van der Waals surface area contributed by atoms with E-state index in [-0.39, 0.29) is 5.56 Å². The van der Waals surface area contributed by atoms with E-state index >= 15 is 0 Å². The highest BCUT2D eigenvalue weighted by Crippen LogP contribution is 2.38. The molecule has 0 unspecified atom stereocenters. The Morgan fingerprint density at radius 1 is 1.18 bits per heavy atom. The molecule has 4 rings (SSSR count). The molecule has 2 aromatic heterocycles. The second-order valence-electron chi connectivity index (χ2n) is 6.32. The van der Waals surface area contributed by atoms with Crippen LogP contribution in [0.3, 0.4) is 0 Å². The Balaban J connectivity index is 1.37. The summed E-state index contributed by atoms with van der Waals surface area (Å²) in [5, 5.41) is 3.14. The van der Waals surface area contributed by atoms with Crippen molar-refractivity contribution in [2.24, 2.45) is 5.92 Å². The summed E-state index contributed by atoms with van der Waals surface area (Å²) in [6.45, 7) is 2.85. The van der Waals surface area contributed by atoms with E-state index in [4.69, 9.17) is 0 Å². The quantitative estimate of drug-likeness (QED) is 0.869. The van der Waals surface area contributed by atoms with Crippen molar-refractivity contribution in [1.82, 2.24) is 14.5 Å². The predicted octanol–water partition coefficient (Wildman–Crippen LogP) is 2.49. The molecule has 2 aliphatic rings. The van der Waals surface area contributed by atoms with Crippen molar-refractivity contribution in [1.29, 1.82) is 0 Å². The molecule has 2 aromatic rings. The van der Waals surface area contributed by atoms with Crippen LogP contribution in [-0.2, 0) is 6.54 Å². The Morgan fingerprint density at radius 2 is 2.00 bits per heavy atom. The minimum absolute atomic E-state index is 0.110. The topological polar surface area (TPSA) is 51.0 Å². The third kappa shape index (κ3) is 2.92. The van der Waals surface area contributed by atoms with Crippen molar-refractivity contribution in [3.05, 3.63) is 40.0 Å². The lowest BCUT2D eigenvalue weighted by Gasteiger charge is -2.31. The van der Waals surface area contributed by atoms with Gasteiger partial charge in [-0.3, -0.25) is 9.36 Å². The van der Waals surface area contributed by atoms with E-state index in [1.165, 1.54) is 12.8 Å². The fourth-order valence-electron chi connectivity index (χ4n) is 3.14. The Labute approximate surface area is 133 Å². The van der Waals surface area contributed by atoms with E-state index in [1.54, 1.807) is 28.3 Å². The van der Waals surface area contributed by atoms with Crippen LogP contribution in [0.15, 0.2) is 28.8 Å². The second kappa shape index (κ2) is 5.83. The lowest BCUT2D eigenvalue weighted by atomic mass is 9.97. The van der Waals surface area contributed by atoms with Gasteiger partial charge in [-0.05, 0) is 31.6 Å². The van der Waals surface area contributed by atoms with Gasteiger partial charge < -0.3 is 4.90 Å². The zero-order chi connectivity index (χ0) is 14.9. The molecule has 3 heterocycles. The summed E-state index contributed by atoms with van der Waals surface area (Å²) in [5.41, 5.74) is 1.10. The van der Waals surface area contributed by atoms with Crippen LogP contribution in [0.5, 0.6) is 0 Å². The number of hydrogen-bond acceptors (Lipinski definition) is 5. The average Bonchev–Trinajstić information content (AvgIpc) is 3.25. The number of thiazole rings is 1. The van der Waals surface area contributed by atoms with Crippen molar-refractivity contribution >= 4 is 16.5 Å². The highest BCUT2D eigenvalue weighted by atomic mass is 32.1. The van der Waals surface area contributed by atoms with Crippen molar-refractivity contribution in [2.75, 3.05) is 18.0 Å². The SMILES string of the molecule is O=c1cc(C2CC2)ncn1CC1CCN(c2nccs2)CC1. The van der Waals surface area contributed by atoms with E-state index in [0.29, 0.717) is 11.8 Å². The van der Waals surface area contributed by atoms with E-state index < -0.39 is 0 Å². The molecule has 5 nitrogen and oxygen atoms in total. The zero-order valence-electron chi connectivity index (χ0n) is 12.5. The first-order chi connectivity index (χ1) is 10.8. The van der Waals surface area contributed by atoms with Gasteiger partial charge in [-0.15, -0.1) is 11.3 Å². The highest BCUT2D eigenvalue weighted by Gasteiger charge is 2.26. The summed E-state index contributed by atoms with van der Waals surface area (Å²) < 4.78 is 1.79. The molecule has 0 aromatic carbocycles. The molecule has 0 N–H and O–H groups in total. The van der Waals surface area contributed by atoms with Gasteiger partial charge in [0.2, 0.25) is 0 Å². The minimum Gasteiger partial charge on any atom is -0.348 e. The molecule has 0 spiro atoms. The smallest absolute Gasteiger partial charge is 0.253 e. The molecule has 1 saturated carbocycles. The van der Waals surface area contributed by atoms with Gasteiger partial charge in [0.1, 0.15) is 0 Å². The molecule has 0 atom stereocenters. The Hall–Kier alpha value is -1.69. The lowest BCUT2D eigenvalue weighted by Crippen LogP contribution is -2.36. The molecule has 0 amide bonds. The van der Waals surface area contributed by atoms with Crippen LogP contribution in [-0.4, -0.2) is 27.6 Å². The number of piperidine rings is 1. The van der Waals surface area contributed by atoms with Crippen LogP contribution in [0, 0.1) is 5.92 Å². The number of hydrogen-bond donors (Lipinski definition) is 0. The van der Waals surface area contributed by atoms with Crippen LogP contribution in [0.2, 0.25) is 0 Å². The van der Waals surface area contributed by atoms with Crippen molar-refractivity contribution in [3.8, 4) is 0 Å². The molecule has 0 bridgehead atoms. The van der Waals surface area contributed by atoms with E-state index in [0.717, 1.165) is 43.3 Å². The summed E-state index contributed by atoms with van der Waals surface area (Å²) >= 11 is 1.70. The van der Waals surface area contributed by atoms with Crippen molar-refractivity contribution in [3.63, 3.8) is 0 Å². The van der Waals surface area contributed by atoms with Gasteiger partial charge in [-0.1, -0.05) is 0 Å². The Morgan fingerprint density at radius 3 is 2.64 bits per heavy atom. The van der Waals surface area contributed by atoms with Crippen molar-refractivity contribution in [2.45, 2.75) is 38.1 Å². The van der Waals surface area contributed by atoms with Crippen LogP contribution < -0.4 is 10.5 Å². The maximum Gasteiger partial charge on any atom is 0.253 e. The predicted molar refractivity (Wildman–Crippen MR) is 87.5 cm³/mol. The molecular weight excluding hydrogens is 296 g/mol. The summed E-state index contributed by atoms with van der Waals surface area (Å²) in [4.78, 5) is 23.4. The summed E-state index contributed by atoms with van der Waals surface area (Å²) in [5.74, 6) is 1.10. The maximum atomic E-state index is 12.2. The van der Waals surface area contributed by atoms with Crippen LogP contribution in [0.1, 0.15) is 37.3 Å². The normalized spacial score (nSPS) is 19.5. The van der Waals surface area contributed by atoms with Gasteiger partial charge in [0.25, 0.3) is 5.56 Å². The molecule has 1 aliphatic carbocycles. The first kappa shape index (κ1) is 13.9. The minimum atomic E-state index is 0.110. The third-order valence-electron chi connectivity index (χ3n) is 4.66. The van der Waals surface area contributed by atoms with Gasteiger partial charge in [0, 0.05) is 43.2 Å². The zero-order valence-corrected chi connectivity index (χ0v) is 13.3. The molecule has 1 saturated heterocycles. The van der Waals surface area contributed by atoms with Gasteiger partial charge in [0.05, 0.1) is 12.0 Å². The monoisotopic (exact) mass is 316 g/mol. The maximum absolute atomic E-state index is 12.2. The standard InChI is InChI=1S/C16H20N4OS/c21-15-9-14(13-1-2-13)18-11-20(15)10-12-3-6-19(7-4-12)16-17-5-8-22-16/h5,8-9,11-13H,1-4,6-7,10H2. The summed E-state index contributed by atoms with van der Waals surface area (Å²) in [6, 6.07) is 1.74. The van der Waals surface area contributed by atoms with Crippen LogP contribution in [0.4, 0.5) is 5.13 Å². The summed E-state index contributed by atoms with van der Waals surface area (Å²) in [6.07, 6.45) is 8.20. The van der Waals surface area contributed by atoms with Gasteiger partial charge in [0.15, 0.2) is 5.13 Å². The van der Waals surface area contributed by atoms with Crippen LogP contribution >= 0.6 is 11.3 Å². The number of anilines is 1. The molecule has 22 heavy (non-hydrogen) atoms. The first-order valence-corrected chi connectivity index (χ1v) is 8.88. The number of nitrogens with zero attached hydrogens (tertiary/aromatic N) is 4. The van der Waals surface area contributed by atoms with Gasteiger partial charge in [-0.2, -0.15) is 0 Å². The number of rotatable bonds is 4. The first-order valence-electron chi connectivity index (χ1n) is 8.00. The second-order valence-corrected chi connectivity index (χ2v) is 7.20. The fraction of sp³-hybridized carbons (Fsp3) is 0.562. The molecule has 1 aliphatic heterocycles. The number of aromatic nitrogens is 3. The fourth-order valence-corrected chi connectivity index (χ4v) is 3.83. The molecule has 0 radical (unpaired) electrons. The van der Waals surface area contributed by atoms with E-state index in [9.17, 15) is 4.79 Å². The van der Waals surface area contributed by atoms with E-state index in [2.05, 4.69) is 14.9 Å². The molecule has 6 heteroatoms. The lowest BCUT2D eigenvalue weighted by molar-refractivity contribution is 0.350. The third-order valence-corrected chi connectivity index (χ3v) is 5.49. The Kier molecular flexibility index (Phi) is 3.70. The summed E-state index contributed by atoms with van der Waals surface area (Å²) in [7, 11) is 0. The van der Waals surface area contributed by atoms with E-state index in [1.807, 2.05) is 11.6 Å². The van der Waals surface area contributed by atoms with Crippen LogP contribution in [0.25, 0.3) is 0 Å². The highest BCUT2D eigenvalue weighted by molar-refractivity contribution is 7.13. The molecule has 2 fully saturated rings. The van der Waals surface area contributed by atoms with Gasteiger partial charge in [-0.25, -0.2) is 9.97 Å². The van der Waals surface area contributed by atoms with Gasteiger partial charge >= 0.3 is 0 Å². The largest absolute Gasteiger partial charge is 0.348 e. The molecule has 116 valence electrons.